The van der Waals surface area contributed by atoms with Crippen LogP contribution in [0, 0.1) is 12.8 Å². The Morgan fingerprint density at radius 3 is 2.81 bits per heavy atom. The van der Waals surface area contributed by atoms with Crippen LogP contribution in [0.25, 0.3) is 21.3 Å². The van der Waals surface area contributed by atoms with Crippen LogP contribution in [0.3, 0.4) is 0 Å². The molecule has 2 amide bonds. The average Bonchev–Trinajstić information content (AvgIpc) is 3.39. The van der Waals surface area contributed by atoms with Gasteiger partial charge in [0.2, 0.25) is 0 Å². The zero-order valence-electron chi connectivity index (χ0n) is 17.9. The maximum absolute atomic E-state index is 12.6. The van der Waals surface area contributed by atoms with Crippen molar-refractivity contribution in [1.29, 1.82) is 0 Å². The number of thiophene rings is 1. The molecule has 1 fully saturated rings. The number of pyridine rings is 1. The van der Waals surface area contributed by atoms with Crippen LogP contribution in [0.5, 0.6) is 0 Å². The number of aromatic nitrogens is 3. The van der Waals surface area contributed by atoms with Gasteiger partial charge in [-0.3, -0.25) is 9.59 Å². The van der Waals surface area contributed by atoms with Gasteiger partial charge in [0.25, 0.3) is 11.8 Å². The molecule has 1 aliphatic carbocycles. The number of nitrogens with one attached hydrogen (secondary N) is 2. The van der Waals surface area contributed by atoms with Crippen LogP contribution >= 0.6 is 11.3 Å². The van der Waals surface area contributed by atoms with Gasteiger partial charge >= 0.3 is 0 Å². The third-order valence-electron chi connectivity index (χ3n) is 6.39. The van der Waals surface area contributed by atoms with E-state index < -0.39 is 0 Å². The summed E-state index contributed by atoms with van der Waals surface area (Å²) in [6.07, 6.45) is 5.65. The molecule has 3 aromatic heterocycles. The average molecular weight is 448 g/mol. The fraction of sp³-hybridized carbons (Fsp3) is 0.333. The molecule has 32 heavy (non-hydrogen) atoms. The summed E-state index contributed by atoms with van der Waals surface area (Å²) in [4.78, 5) is 38.1. The number of benzene rings is 1. The van der Waals surface area contributed by atoms with Gasteiger partial charge < -0.3 is 16.0 Å². The van der Waals surface area contributed by atoms with Crippen molar-refractivity contribution in [3.8, 4) is 0 Å². The number of nitrogens with two attached hydrogens (primary N) is 1. The van der Waals surface area contributed by atoms with Crippen molar-refractivity contribution in [3.05, 3.63) is 58.4 Å². The Hall–Kier alpha value is -3.26. The van der Waals surface area contributed by atoms with E-state index in [2.05, 4.69) is 20.3 Å². The SMILES string of the molecule is Cc1ccc2nc(C(=O)NCC3CCC(c4c(C(N)=O)sc5ncccc45)CC3)[nH]c2c1. The van der Waals surface area contributed by atoms with Crippen LogP contribution in [0.15, 0.2) is 36.5 Å². The lowest BCUT2D eigenvalue weighted by Crippen LogP contribution is -2.31. The number of imidazole rings is 1. The largest absolute Gasteiger partial charge is 0.365 e. The van der Waals surface area contributed by atoms with Gasteiger partial charge in [-0.25, -0.2) is 9.97 Å². The number of carbonyl (C=O) groups is 2. The smallest absolute Gasteiger partial charge is 0.287 e. The highest BCUT2D eigenvalue weighted by molar-refractivity contribution is 7.20. The molecular weight excluding hydrogens is 422 g/mol. The molecule has 4 N–H and O–H groups in total. The Morgan fingerprint density at radius 2 is 2.03 bits per heavy atom. The quantitative estimate of drug-likeness (QED) is 0.423. The van der Waals surface area contributed by atoms with Crippen LogP contribution in [-0.4, -0.2) is 33.3 Å². The van der Waals surface area contributed by atoms with E-state index in [0.29, 0.717) is 29.1 Å². The van der Waals surface area contributed by atoms with Crippen molar-refractivity contribution in [2.24, 2.45) is 11.7 Å². The molecular formula is C24H25N5O2S. The zero-order chi connectivity index (χ0) is 22.2. The molecule has 8 heteroatoms. The summed E-state index contributed by atoms with van der Waals surface area (Å²) >= 11 is 1.39. The number of carbonyl (C=O) groups excluding carboxylic acids is 2. The fourth-order valence-corrected chi connectivity index (χ4v) is 5.83. The highest BCUT2D eigenvalue weighted by Gasteiger charge is 2.29. The second-order valence-electron chi connectivity index (χ2n) is 8.60. The lowest BCUT2D eigenvalue weighted by atomic mass is 9.78. The van der Waals surface area contributed by atoms with Crippen LogP contribution < -0.4 is 11.1 Å². The summed E-state index contributed by atoms with van der Waals surface area (Å²) in [5, 5.41) is 4.08. The normalized spacial score (nSPS) is 18.8. The highest BCUT2D eigenvalue weighted by Crippen LogP contribution is 2.42. The summed E-state index contributed by atoms with van der Waals surface area (Å²) in [5.74, 6) is 0.496. The van der Waals surface area contributed by atoms with Crippen LogP contribution in [0.2, 0.25) is 0 Å². The van der Waals surface area contributed by atoms with Gasteiger partial charge in [-0.1, -0.05) is 12.1 Å². The van der Waals surface area contributed by atoms with Gasteiger partial charge in [-0.05, 0) is 73.8 Å². The first-order chi connectivity index (χ1) is 15.5. The molecule has 0 atom stereocenters. The minimum absolute atomic E-state index is 0.174. The van der Waals surface area contributed by atoms with E-state index in [9.17, 15) is 9.59 Å². The third kappa shape index (κ3) is 3.86. The van der Waals surface area contributed by atoms with Gasteiger partial charge in [0.05, 0.1) is 15.9 Å². The van der Waals surface area contributed by atoms with E-state index in [1.54, 1.807) is 6.20 Å². The Balaban J connectivity index is 1.23. The molecule has 164 valence electrons. The summed E-state index contributed by atoms with van der Waals surface area (Å²) in [6.45, 7) is 2.63. The lowest BCUT2D eigenvalue weighted by molar-refractivity contribution is 0.0932. The molecule has 0 saturated heterocycles. The van der Waals surface area contributed by atoms with Crippen molar-refractivity contribution in [2.45, 2.75) is 38.5 Å². The number of hydrogen-bond acceptors (Lipinski definition) is 5. The first-order valence-electron chi connectivity index (χ1n) is 10.9. The molecule has 0 aliphatic heterocycles. The van der Waals surface area contributed by atoms with Gasteiger partial charge in [0.1, 0.15) is 4.83 Å². The Bertz CT molecular complexity index is 1320. The van der Waals surface area contributed by atoms with Crippen molar-refractivity contribution < 1.29 is 9.59 Å². The second-order valence-corrected chi connectivity index (χ2v) is 9.60. The van der Waals surface area contributed by atoms with Gasteiger partial charge in [-0.2, -0.15) is 0 Å². The molecule has 1 aromatic carbocycles. The van der Waals surface area contributed by atoms with E-state index in [0.717, 1.165) is 58.1 Å². The van der Waals surface area contributed by atoms with E-state index >= 15 is 0 Å². The van der Waals surface area contributed by atoms with E-state index in [-0.39, 0.29) is 11.8 Å². The number of rotatable bonds is 5. The molecule has 0 spiro atoms. The number of H-pyrrole nitrogens is 1. The highest BCUT2D eigenvalue weighted by atomic mass is 32.1. The summed E-state index contributed by atoms with van der Waals surface area (Å²) in [7, 11) is 0. The molecule has 3 heterocycles. The summed E-state index contributed by atoms with van der Waals surface area (Å²) < 4.78 is 0. The number of aromatic amines is 1. The van der Waals surface area contributed by atoms with Crippen LogP contribution in [0.4, 0.5) is 0 Å². The molecule has 0 unspecified atom stereocenters. The molecule has 1 saturated carbocycles. The second kappa shape index (κ2) is 8.35. The third-order valence-corrected chi connectivity index (χ3v) is 7.53. The number of amides is 2. The van der Waals surface area contributed by atoms with Crippen molar-refractivity contribution in [1.82, 2.24) is 20.3 Å². The molecule has 7 nitrogen and oxygen atoms in total. The lowest BCUT2D eigenvalue weighted by Gasteiger charge is -2.29. The standard InChI is InChI=1S/C24H25N5O2S/c1-13-4-9-17-18(11-13)29-22(28-17)23(31)27-12-14-5-7-15(8-6-14)19-16-3-2-10-26-24(16)32-20(19)21(25)30/h2-4,9-11,14-15H,5-8,12H2,1H3,(H2,25,30)(H,27,31)(H,28,29). The maximum atomic E-state index is 12.6. The Labute approximate surface area is 189 Å². The number of hydrogen-bond donors (Lipinski definition) is 3. The van der Waals surface area contributed by atoms with Crippen molar-refractivity contribution in [3.63, 3.8) is 0 Å². The minimum Gasteiger partial charge on any atom is -0.365 e. The molecule has 4 aromatic rings. The predicted molar refractivity (Wildman–Crippen MR) is 126 cm³/mol. The first-order valence-corrected chi connectivity index (χ1v) is 11.7. The number of primary amides is 1. The number of fused-ring (bicyclic) bond motifs is 2. The molecule has 0 radical (unpaired) electrons. The van der Waals surface area contributed by atoms with E-state index in [1.807, 2.05) is 37.3 Å². The van der Waals surface area contributed by atoms with Crippen molar-refractivity contribution >= 4 is 44.4 Å². The fourth-order valence-electron chi connectivity index (χ4n) is 4.75. The summed E-state index contributed by atoms with van der Waals surface area (Å²) in [5.41, 5.74) is 9.53. The first kappa shape index (κ1) is 20.6. The molecule has 0 bridgehead atoms. The monoisotopic (exact) mass is 447 g/mol. The molecule has 1 aliphatic rings. The van der Waals surface area contributed by atoms with Crippen LogP contribution in [-0.2, 0) is 0 Å². The minimum atomic E-state index is -0.376. The van der Waals surface area contributed by atoms with Gasteiger partial charge in [0.15, 0.2) is 5.82 Å². The topological polar surface area (TPSA) is 114 Å². The Kier molecular flexibility index (Phi) is 5.38. The van der Waals surface area contributed by atoms with Gasteiger partial charge in [0, 0.05) is 18.1 Å². The maximum Gasteiger partial charge on any atom is 0.287 e. The molecule has 5 rings (SSSR count). The number of nitrogens with zero attached hydrogens (tertiary/aromatic N) is 2. The zero-order valence-corrected chi connectivity index (χ0v) is 18.7. The predicted octanol–water partition coefficient (Wildman–Crippen LogP) is 4.28. The van der Waals surface area contributed by atoms with Gasteiger partial charge in [-0.15, -0.1) is 11.3 Å². The number of aryl methyl sites for hydroxylation is 1. The van der Waals surface area contributed by atoms with Crippen molar-refractivity contribution in [2.75, 3.05) is 6.54 Å². The van der Waals surface area contributed by atoms with Crippen LogP contribution in [0.1, 0.15) is 63.0 Å². The van der Waals surface area contributed by atoms with E-state index in [1.165, 1.54) is 11.3 Å². The van der Waals surface area contributed by atoms with E-state index in [4.69, 9.17) is 5.73 Å². The Morgan fingerprint density at radius 1 is 1.22 bits per heavy atom. The summed E-state index contributed by atoms with van der Waals surface area (Å²) in [6, 6.07) is 9.83.